The summed E-state index contributed by atoms with van der Waals surface area (Å²) in [6.45, 7) is 6.19. The first kappa shape index (κ1) is 18.8. The van der Waals surface area contributed by atoms with Gasteiger partial charge in [-0.1, -0.05) is 17.7 Å². The van der Waals surface area contributed by atoms with E-state index in [1.165, 1.54) is 11.3 Å². The van der Waals surface area contributed by atoms with E-state index in [1.807, 2.05) is 19.2 Å². The third kappa shape index (κ3) is 4.78. The average molecular weight is 365 g/mol. The van der Waals surface area contributed by atoms with Gasteiger partial charge in [0.05, 0.1) is 13.1 Å². The first-order valence-corrected chi connectivity index (χ1v) is 9.18. The van der Waals surface area contributed by atoms with Crippen LogP contribution in [0.4, 0.5) is 0 Å². The third-order valence-corrected chi connectivity index (χ3v) is 4.39. The second-order valence-electron chi connectivity index (χ2n) is 6.65. The van der Waals surface area contributed by atoms with Gasteiger partial charge in [-0.3, -0.25) is 0 Å². The zero-order chi connectivity index (χ0) is 19.2. The Kier molecular flexibility index (Phi) is 5.96. The smallest absolute Gasteiger partial charge is 0.226 e. The number of aliphatic imine (C=N–C) groups is 1. The first-order chi connectivity index (χ1) is 13.1. The van der Waals surface area contributed by atoms with Crippen LogP contribution in [-0.2, 0) is 20.1 Å². The molecule has 1 aromatic carbocycles. The molecule has 0 atom stereocenters. The highest BCUT2D eigenvalue weighted by Crippen LogP contribution is 2.19. The van der Waals surface area contributed by atoms with Gasteiger partial charge in [0, 0.05) is 38.1 Å². The molecular formula is C21H27N5O. The highest BCUT2D eigenvalue weighted by atomic mass is 16.3. The van der Waals surface area contributed by atoms with Crippen LogP contribution >= 0.6 is 0 Å². The largest absolute Gasteiger partial charge is 0.444 e. The summed E-state index contributed by atoms with van der Waals surface area (Å²) in [5.74, 6) is 1.47. The molecule has 6 heteroatoms. The van der Waals surface area contributed by atoms with Crippen LogP contribution in [0.5, 0.6) is 0 Å². The number of hydrogen-bond donors (Lipinski definition) is 1. The molecule has 0 spiro atoms. The van der Waals surface area contributed by atoms with Gasteiger partial charge in [0.25, 0.3) is 0 Å². The van der Waals surface area contributed by atoms with Crippen molar-refractivity contribution >= 4 is 5.96 Å². The maximum atomic E-state index is 5.63. The maximum Gasteiger partial charge on any atom is 0.226 e. The monoisotopic (exact) mass is 365 g/mol. The lowest BCUT2D eigenvalue weighted by Crippen LogP contribution is -2.38. The Bertz CT molecular complexity index is 891. The summed E-state index contributed by atoms with van der Waals surface area (Å²) in [6.07, 6.45) is 3.73. The number of hydrogen-bond acceptors (Lipinski definition) is 3. The minimum Gasteiger partial charge on any atom is -0.444 e. The van der Waals surface area contributed by atoms with Crippen LogP contribution in [0, 0.1) is 6.92 Å². The van der Waals surface area contributed by atoms with Gasteiger partial charge in [0.2, 0.25) is 5.89 Å². The molecule has 0 aliphatic carbocycles. The summed E-state index contributed by atoms with van der Waals surface area (Å²) in [4.78, 5) is 11.4. The minimum atomic E-state index is 0.467. The number of oxazole rings is 1. The van der Waals surface area contributed by atoms with Crippen LogP contribution in [0.15, 0.2) is 58.3 Å². The summed E-state index contributed by atoms with van der Waals surface area (Å²) in [6, 6.07) is 12.3. The van der Waals surface area contributed by atoms with Gasteiger partial charge >= 0.3 is 0 Å². The van der Waals surface area contributed by atoms with Crippen molar-refractivity contribution in [3.05, 3.63) is 65.8 Å². The number of rotatable bonds is 6. The molecule has 0 fully saturated rings. The van der Waals surface area contributed by atoms with Crippen LogP contribution in [0.2, 0.25) is 0 Å². The number of benzene rings is 1. The zero-order valence-electron chi connectivity index (χ0n) is 16.4. The van der Waals surface area contributed by atoms with Crippen molar-refractivity contribution in [2.75, 3.05) is 13.6 Å². The molecule has 1 N–H and O–H groups in total. The molecule has 0 radical (unpaired) electrons. The molecule has 0 unspecified atom stereocenters. The lowest BCUT2D eigenvalue weighted by molar-refractivity contribution is 0.461. The van der Waals surface area contributed by atoms with E-state index in [-0.39, 0.29) is 0 Å². The normalized spacial score (nSPS) is 11.6. The van der Waals surface area contributed by atoms with Gasteiger partial charge in [0.1, 0.15) is 12.0 Å². The van der Waals surface area contributed by atoms with E-state index in [1.54, 1.807) is 6.26 Å². The molecule has 0 bridgehead atoms. The SMILES string of the molecule is CCNC(=NCc1coc(-c2ccc(C)cc2)n1)N(C)Cc1cccn1C. The van der Waals surface area contributed by atoms with Crippen LogP contribution in [-0.4, -0.2) is 34.0 Å². The van der Waals surface area contributed by atoms with E-state index in [4.69, 9.17) is 9.41 Å². The quantitative estimate of drug-likeness (QED) is 0.536. The predicted octanol–water partition coefficient (Wildman–Crippen LogP) is 3.59. The van der Waals surface area contributed by atoms with Gasteiger partial charge in [0.15, 0.2) is 5.96 Å². The Morgan fingerprint density at radius 2 is 2.04 bits per heavy atom. The van der Waals surface area contributed by atoms with E-state index in [0.717, 1.165) is 30.3 Å². The van der Waals surface area contributed by atoms with Crippen molar-refractivity contribution in [3.8, 4) is 11.5 Å². The van der Waals surface area contributed by atoms with Gasteiger partial charge in [-0.25, -0.2) is 9.98 Å². The maximum absolute atomic E-state index is 5.63. The number of guanidine groups is 1. The topological polar surface area (TPSA) is 58.6 Å². The summed E-state index contributed by atoms with van der Waals surface area (Å²) in [5, 5.41) is 3.34. The Hall–Kier alpha value is -3.02. The molecule has 3 aromatic rings. The lowest BCUT2D eigenvalue weighted by atomic mass is 10.1. The summed E-state index contributed by atoms with van der Waals surface area (Å²) < 4.78 is 7.74. The lowest BCUT2D eigenvalue weighted by Gasteiger charge is -2.22. The van der Waals surface area contributed by atoms with E-state index in [0.29, 0.717) is 12.4 Å². The second-order valence-corrected chi connectivity index (χ2v) is 6.65. The van der Waals surface area contributed by atoms with Crippen molar-refractivity contribution in [1.29, 1.82) is 0 Å². The minimum absolute atomic E-state index is 0.467. The Labute approximate surface area is 160 Å². The summed E-state index contributed by atoms with van der Waals surface area (Å²) in [7, 11) is 4.09. The van der Waals surface area contributed by atoms with E-state index < -0.39 is 0 Å². The van der Waals surface area contributed by atoms with Crippen LogP contribution in [0.1, 0.15) is 23.9 Å². The molecule has 27 heavy (non-hydrogen) atoms. The van der Waals surface area contributed by atoms with Crippen molar-refractivity contribution in [2.24, 2.45) is 12.0 Å². The zero-order valence-corrected chi connectivity index (χ0v) is 16.4. The molecule has 6 nitrogen and oxygen atoms in total. The Balaban J connectivity index is 1.69. The van der Waals surface area contributed by atoms with Gasteiger partial charge in [-0.15, -0.1) is 0 Å². The molecule has 2 heterocycles. The van der Waals surface area contributed by atoms with Crippen LogP contribution in [0.25, 0.3) is 11.5 Å². The molecule has 142 valence electrons. The fourth-order valence-corrected chi connectivity index (χ4v) is 2.81. The van der Waals surface area contributed by atoms with Crippen molar-refractivity contribution in [3.63, 3.8) is 0 Å². The van der Waals surface area contributed by atoms with Crippen molar-refractivity contribution in [1.82, 2.24) is 19.8 Å². The van der Waals surface area contributed by atoms with E-state index in [9.17, 15) is 0 Å². The second kappa shape index (κ2) is 8.58. The van der Waals surface area contributed by atoms with Gasteiger partial charge < -0.3 is 19.2 Å². The first-order valence-electron chi connectivity index (χ1n) is 9.18. The average Bonchev–Trinajstić information content (AvgIpc) is 3.29. The van der Waals surface area contributed by atoms with Gasteiger partial charge in [-0.2, -0.15) is 0 Å². The number of aromatic nitrogens is 2. The van der Waals surface area contributed by atoms with Crippen LogP contribution in [0.3, 0.4) is 0 Å². The van der Waals surface area contributed by atoms with Crippen molar-refractivity contribution < 1.29 is 4.42 Å². The molecule has 3 rings (SSSR count). The molecular weight excluding hydrogens is 338 g/mol. The fraction of sp³-hybridized carbons (Fsp3) is 0.333. The van der Waals surface area contributed by atoms with Gasteiger partial charge in [-0.05, 0) is 38.1 Å². The molecule has 0 saturated heterocycles. The molecule has 0 aliphatic heterocycles. The summed E-state index contributed by atoms with van der Waals surface area (Å²) in [5.41, 5.74) is 4.23. The van der Waals surface area contributed by atoms with Crippen LogP contribution < -0.4 is 5.32 Å². The third-order valence-electron chi connectivity index (χ3n) is 4.39. The number of aryl methyl sites for hydroxylation is 2. The predicted molar refractivity (Wildman–Crippen MR) is 108 cm³/mol. The standard InChI is InChI=1S/C21H27N5O/c1-5-22-21(26(4)14-19-7-6-12-25(19)3)23-13-18-15-27-20(24-18)17-10-8-16(2)9-11-17/h6-12,15H,5,13-14H2,1-4H3,(H,22,23). The molecule has 0 saturated carbocycles. The van der Waals surface area contributed by atoms with Crippen molar-refractivity contribution in [2.45, 2.75) is 26.9 Å². The molecule has 0 amide bonds. The Morgan fingerprint density at radius 3 is 2.70 bits per heavy atom. The number of nitrogens with one attached hydrogen (secondary N) is 1. The Morgan fingerprint density at radius 1 is 1.26 bits per heavy atom. The summed E-state index contributed by atoms with van der Waals surface area (Å²) >= 11 is 0. The highest BCUT2D eigenvalue weighted by Gasteiger charge is 2.10. The molecule has 0 aliphatic rings. The molecule has 2 aromatic heterocycles. The van der Waals surface area contributed by atoms with E-state index >= 15 is 0 Å². The number of nitrogens with zero attached hydrogens (tertiary/aromatic N) is 4. The van der Waals surface area contributed by atoms with E-state index in [2.05, 4.69) is 71.1 Å². The fourth-order valence-electron chi connectivity index (χ4n) is 2.81. The highest BCUT2D eigenvalue weighted by molar-refractivity contribution is 5.79.